The van der Waals surface area contributed by atoms with Crippen LogP contribution in [0.15, 0.2) is 12.1 Å². The van der Waals surface area contributed by atoms with Crippen molar-refractivity contribution in [2.45, 2.75) is 82.7 Å². The number of carbonyl (C=O) groups excluding carboxylic acids is 2. The van der Waals surface area contributed by atoms with E-state index in [2.05, 4.69) is 26.1 Å². The van der Waals surface area contributed by atoms with E-state index in [1.54, 1.807) is 7.05 Å². The van der Waals surface area contributed by atoms with E-state index in [9.17, 15) is 9.59 Å². The lowest BCUT2D eigenvalue weighted by molar-refractivity contribution is -0.122. The van der Waals surface area contributed by atoms with Gasteiger partial charge in [0.15, 0.2) is 0 Å². The van der Waals surface area contributed by atoms with Gasteiger partial charge in [-0.2, -0.15) is 0 Å². The van der Waals surface area contributed by atoms with E-state index in [-0.39, 0.29) is 11.8 Å². The Morgan fingerprint density at radius 3 is 2.18 bits per heavy atom. The highest BCUT2D eigenvalue weighted by atomic mass is 16.1. The van der Waals surface area contributed by atoms with Crippen LogP contribution in [-0.2, 0) is 9.59 Å². The second-order valence-electron chi connectivity index (χ2n) is 10.3. The zero-order chi connectivity index (χ0) is 23.9. The fraction of sp³-hybridized carbons (Fsp3) is 0.741. The zero-order valence-corrected chi connectivity index (χ0v) is 21.2. The van der Waals surface area contributed by atoms with Crippen LogP contribution in [0.25, 0.3) is 0 Å². The van der Waals surface area contributed by atoms with Crippen molar-refractivity contribution in [2.24, 2.45) is 0 Å². The normalized spacial score (nSPS) is 22.5. The minimum Gasteiger partial charge on any atom is -0.370 e. The molecule has 1 amide bonds. The number of aldehydes is 1. The number of aromatic nitrogens is 1. The van der Waals surface area contributed by atoms with Crippen molar-refractivity contribution in [3.05, 3.63) is 23.5 Å². The van der Waals surface area contributed by atoms with E-state index in [4.69, 9.17) is 4.98 Å². The number of anilines is 1. The van der Waals surface area contributed by atoms with Gasteiger partial charge in [-0.1, -0.05) is 19.3 Å². The molecule has 3 heterocycles. The molecule has 0 spiro atoms. The number of carbonyl (C=O) groups is 2. The Balaban J connectivity index is 1.30. The molecule has 1 N–H and O–H groups in total. The van der Waals surface area contributed by atoms with Crippen LogP contribution < -0.4 is 10.2 Å². The molecule has 4 rings (SSSR count). The molecule has 7 nitrogen and oxygen atoms in total. The quantitative estimate of drug-likeness (QED) is 0.590. The number of hydrogen-bond acceptors (Lipinski definition) is 6. The molecule has 2 aliphatic heterocycles. The minimum atomic E-state index is -0.374. The summed E-state index contributed by atoms with van der Waals surface area (Å²) >= 11 is 0. The van der Waals surface area contributed by atoms with Crippen LogP contribution in [0.4, 0.5) is 5.69 Å². The molecule has 1 saturated carbocycles. The van der Waals surface area contributed by atoms with Crippen LogP contribution in [-0.4, -0.2) is 85.4 Å². The van der Waals surface area contributed by atoms with Crippen LogP contribution in [0.5, 0.6) is 0 Å². The van der Waals surface area contributed by atoms with Gasteiger partial charge in [0.25, 0.3) is 0 Å². The molecule has 188 valence electrons. The lowest BCUT2D eigenvalue weighted by atomic mass is 9.93. The van der Waals surface area contributed by atoms with E-state index in [0.29, 0.717) is 18.9 Å². The summed E-state index contributed by atoms with van der Waals surface area (Å²) in [6.07, 6.45) is 11.2. The average molecular weight is 470 g/mol. The van der Waals surface area contributed by atoms with Crippen LogP contribution >= 0.6 is 0 Å². The Kier molecular flexibility index (Phi) is 8.95. The molecule has 1 aliphatic carbocycles. The van der Waals surface area contributed by atoms with Crippen molar-refractivity contribution in [1.82, 2.24) is 20.1 Å². The maximum atomic E-state index is 12.3. The molecular weight excluding hydrogens is 426 g/mol. The molecule has 3 aliphatic rings. The van der Waals surface area contributed by atoms with Crippen molar-refractivity contribution in [3.8, 4) is 0 Å². The molecule has 3 fully saturated rings. The van der Waals surface area contributed by atoms with Crippen molar-refractivity contribution >= 4 is 17.9 Å². The van der Waals surface area contributed by atoms with Crippen molar-refractivity contribution in [2.75, 3.05) is 51.2 Å². The number of hydrogen-bond donors (Lipinski definition) is 1. The van der Waals surface area contributed by atoms with Gasteiger partial charge in [-0.05, 0) is 51.2 Å². The monoisotopic (exact) mass is 469 g/mol. The van der Waals surface area contributed by atoms with Crippen molar-refractivity contribution in [3.63, 3.8) is 0 Å². The number of nitrogens with one attached hydrogen (secondary N) is 1. The second kappa shape index (κ2) is 12.1. The fourth-order valence-electron chi connectivity index (χ4n) is 6.31. The van der Waals surface area contributed by atoms with Gasteiger partial charge < -0.3 is 15.0 Å². The zero-order valence-electron chi connectivity index (χ0n) is 21.2. The Labute approximate surface area is 205 Å². The fourth-order valence-corrected chi connectivity index (χ4v) is 6.31. The van der Waals surface area contributed by atoms with E-state index in [1.807, 2.05) is 13.0 Å². The van der Waals surface area contributed by atoms with Gasteiger partial charge in [0.2, 0.25) is 5.91 Å². The van der Waals surface area contributed by atoms with Crippen LogP contribution in [0, 0.1) is 6.92 Å². The van der Waals surface area contributed by atoms with E-state index >= 15 is 0 Å². The number of amides is 1. The summed E-state index contributed by atoms with van der Waals surface area (Å²) in [6.45, 7) is 9.07. The van der Waals surface area contributed by atoms with Crippen LogP contribution in [0.3, 0.4) is 0 Å². The SMILES string of the molecule is CNC(=O)C(CCC=O)c1ccc(N2CCC(N3CCN(C4CCCCC4)CC3)CC2)c(C)n1. The summed E-state index contributed by atoms with van der Waals surface area (Å²) < 4.78 is 0. The first kappa shape index (κ1) is 25.1. The molecule has 34 heavy (non-hydrogen) atoms. The maximum absolute atomic E-state index is 12.3. The van der Waals surface area contributed by atoms with Gasteiger partial charge in [0, 0.05) is 64.8 Å². The molecule has 0 aromatic carbocycles. The van der Waals surface area contributed by atoms with Gasteiger partial charge in [-0.3, -0.25) is 19.6 Å². The molecular formula is C27H43N5O2. The lowest BCUT2D eigenvalue weighted by Gasteiger charge is -2.45. The molecule has 2 saturated heterocycles. The third kappa shape index (κ3) is 5.98. The van der Waals surface area contributed by atoms with Gasteiger partial charge in [-0.25, -0.2) is 0 Å². The van der Waals surface area contributed by atoms with Crippen LogP contribution in [0.1, 0.15) is 75.1 Å². The maximum Gasteiger partial charge on any atom is 0.228 e. The molecule has 7 heteroatoms. The summed E-state index contributed by atoms with van der Waals surface area (Å²) in [5, 5.41) is 2.71. The Morgan fingerprint density at radius 1 is 1.00 bits per heavy atom. The molecule has 0 radical (unpaired) electrons. The third-order valence-corrected chi connectivity index (χ3v) is 8.33. The molecule has 0 bridgehead atoms. The molecule has 1 aromatic rings. The third-order valence-electron chi connectivity index (χ3n) is 8.33. The van der Waals surface area contributed by atoms with E-state index < -0.39 is 0 Å². The lowest BCUT2D eigenvalue weighted by Crippen LogP contribution is -2.55. The number of likely N-dealkylation sites (N-methyl/N-ethyl adjacent to an activating group) is 1. The number of rotatable bonds is 8. The number of piperidine rings is 1. The predicted molar refractivity (Wildman–Crippen MR) is 136 cm³/mol. The van der Waals surface area contributed by atoms with Crippen molar-refractivity contribution < 1.29 is 9.59 Å². The summed E-state index contributed by atoms with van der Waals surface area (Å²) in [5.41, 5.74) is 2.90. The van der Waals surface area contributed by atoms with Gasteiger partial charge in [0.1, 0.15) is 6.29 Å². The largest absolute Gasteiger partial charge is 0.370 e. The Hall–Kier alpha value is -1.99. The highest BCUT2D eigenvalue weighted by Crippen LogP contribution is 2.29. The second-order valence-corrected chi connectivity index (χ2v) is 10.3. The summed E-state index contributed by atoms with van der Waals surface area (Å²) in [5.74, 6) is -0.452. The first-order valence-corrected chi connectivity index (χ1v) is 13.5. The predicted octanol–water partition coefficient (Wildman–Crippen LogP) is 3.12. The summed E-state index contributed by atoms with van der Waals surface area (Å²) in [6, 6.07) is 5.64. The summed E-state index contributed by atoms with van der Waals surface area (Å²) in [4.78, 5) is 35.9. The molecule has 1 atom stereocenters. The topological polar surface area (TPSA) is 68.8 Å². The van der Waals surface area contributed by atoms with E-state index in [1.165, 1.54) is 76.8 Å². The van der Waals surface area contributed by atoms with Gasteiger partial charge in [-0.15, -0.1) is 0 Å². The minimum absolute atomic E-state index is 0.0779. The smallest absolute Gasteiger partial charge is 0.228 e. The Bertz CT molecular complexity index is 809. The molecule has 1 unspecified atom stereocenters. The van der Waals surface area contributed by atoms with E-state index in [0.717, 1.165) is 36.8 Å². The van der Waals surface area contributed by atoms with Crippen LogP contribution in [0.2, 0.25) is 0 Å². The first-order chi connectivity index (χ1) is 16.6. The first-order valence-electron chi connectivity index (χ1n) is 13.5. The number of nitrogens with zero attached hydrogens (tertiary/aromatic N) is 4. The summed E-state index contributed by atoms with van der Waals surface area (Å²) in [7, 11) is 1.64. The average Bonchev–Trinajstić information content (AvgIpc) is 2.89. The number of pyridine rings is 1. The Morgan fingerprint density at radius 2 is 1.62 bits per heavy atom. The highest BCUT2D eigenvalue weighted by molar-refractivity contribution is 5.83. The number of piperazine rings is 1. The molecule has 1 aromatic heterocycles. The number of aryl methyl sites for hydroxylation is 1. The van der Waals surface area contributed by atoms with Gasteiger partial charge in [0.05, 0.1) is 23.0 Å². The standard InChI is InChI=1S/C27H43N5O2/c1-21-26(11-10-25(29-21)24(9-6-20-33)27(34)28-2)32-14-12-23(13-15-32)31-18-16-30(17-19-31)22-7-4-3-5-8-22/h10-11,20,22-24H,3-9,12-19H2,1-2H3,(H,28,34). The highest BCUT2D eigenvalue weighted by Gasteiger charge is 2.31. The van der Waals surface area contributed by atoms with Crippen molar-refractivity contribution in [1.29, 1.82) is 0 Å². The van der Waals surface area contributed by atoms with Gasteiger partial charge >= 0.3 is 0 Å².